The number of phenolic OH excluding ortho intramolecular Hbond substituents is 1. The molecule has 162 valence electrons. The molecule has 0 spiro atoms. The number of benzene rings is 1. The van der Waals surface area contributed by atoms with Crippen molar-refractivity contribution < 1.29 is 9.90 Å². The first-order chi connectivity index (χ1) is 14.4. The molecule has 0 unspecified atom stereocenters. The topological polar surface area (TPSA) is 78.0 Å². The van der Waals surface area contributed by atoms with Gasteiger partial charge in [0.2, 0.25) is 0 Å². The fourth-order valence-electron chi connectivity index (χ4n) is 4.13. The summed E-state index contributed by atoms with van der Waals surface area (Å²) in [6, 6.07) is 10.0. The molecule has 3 heterocycles. The Labute approximate surface area is 183 Å². The number of hydrogen-bond donors (Lipinski definition) is 3. The summed E-state index contributed by atoms with van der Waals surface area (Å²) in [4.78, 5) is 20.2. The lowest BCUT2D eigenvalue weighted by molar-refractivity contribution is 0.0946. The number of fused-ring (bicyclic) bond motifs is 1. The Morgan fingerprint density at radius 3 is 2.16 bits per heavy atom. The van der Waals surface area contributed by atoms with Gasteiger partial charge in [-0.3, -0.25) is 9.78 Å². The average molecular weight is 418 g/mol. The number of aromatic nitrogens is 2. The summed E-state index contributed by atoms with van der Waals surface area (Å²) in [5.41, 5.74) is 6.82. The lowest BCUT2D eigenvalue weighted by Crippen LogP contribution is -2.31. The molecule has 3 N–H and O–H groups in total. The van der Waals surface area contributed by atoms with E-state index < -0.39 is 0 Å². The Bertz CT molecular complexity index is 1130. The van der Waals surface area contributed by atoms with Crippen molar-refractivity contribution in [2.24, 2.45) is 0 Å². The summed E-state index contributed by atoms with van der Waals surface area (Å²) in [5, 5.41) is 13.9. The predicted molar refractivity (Wildman–Crippen MR) is 125 cm³/mol. The Hall–Kier alpha value is -3.08. The van der Waals surface area contributed by atoms with Gasteiger partial charge in [-0.05, 0) is 41.2 Å². The zero-order valence-corrected chi connectivity index (χ0v) is 19.2. The fraction of sp³-hybridized carbons (Fsp3) is 0.385. The van der Waals surface area contributed by atoms with Crippen LogP contribution in [0.2, 0.25) is 0 Å². The number of pyridine rings is 1. The van der Waals surface area contributed by atoms with Gasteiger partial charge in [-0.15, -0.1) is 0 Å². The van der Waals surface area contributed by atoms with E-state index in [0.717, 1.165) is 45.8 Å². The number of hydrogen-bond acceptors (Lipinski definition) is 3. The molecule has 1 aromatic carbocycles. The van der Waals surface area contributed by atoms with Crippen LogP contribution in [0.15, 0.2) is 36.5 Å². The average Bonchev–Trinajstić information content (AvgIpc) is 3.12. The van der Waals surface area contributed by atoms with Crippen LogP contribution in [0.4, 0.5) is 0 Å². The second-order valence-corrected chi connectivity index (χ2v) is 10.4. The van der Waals surface area contributed by atoms with Crippen molar-refractivity contribution in [1.82, 2.24) is 15.3 Å². The van der Waals surface area contributed by atoms with E-state index in [-0.39, 0.29) is 16.7 Å². The monoisotopic (exact) mass is 417 g/mol. The van der Waals surface area contributed by atoms with Crippen LogP contribution in [0.5, 0.6) is 5.75 Å². The van der Waals surface area contributed by atoms with Crippen molar-refractivity contribution in [3.63, 3.8) is 0 Å². The third-order valence-corrected chi connectivity index (χ3v) is 5.90. The molecule has 31 heavy (non-hydrogen) atoms. The zero-order valence-electron chi connectivity index (χ0n) is 19.2. The number of amides is 1. The van der Waals surface area contributed by atoms with E-state index in [1.54, 1.807) is 6.20 Å². The van der Waals surface area contributed by atoms with Crippen molar-refractivity contribution in [3.05, 3.63) is 58.9 Å². The van der Waals surface area contributed by atoms with Crippen molar-refractivity contribution >= 4 is 5.91 Å². The number of nitrogens with one attached hydrogen (secondary N) is 2. The second kappa shape index (κ2) is 7.26. The molecule has 2 aromatic heterocycles. The van der Waals surface area contributed by atoms with Crippen molar-refractivity contribution in [2.75, 3.05) is 6.54 Å². The van der Waals surface area contributed by atoms with Gasteiger partial charge in [0.15, 0.2) is 0 Å². The van der Waals surface area contributed by atoms with Gasteiger partial charge in [-0.2, -0.15) is 0 Å². The Balaban J connectivity index is 1.84. The number of aromatic amines is 1. The van der Waals surface area contributed by atoms with Crippen molar-refractivity contribution in [3.8, 4) is 28.3 Å². The van der Waals surface area contributed by atoms with E-state index in [4.69, 9.17) is 0 Å². The van der Waals surface area contributed by atoms with Gasteiger partial charge in [0.1, 0.15) is 5.75 Å². The number of aromatic hydroxyl groups is 1. The lowest BCUT2D eigenvalue weighted by atomic mass is 9.78. The van der Waals surface area contributed by atoms with E-state index in [0.29, 0.717) is 17.9 Å². The third kappa shape index (κ3) is 3.97. The van der Waals surface area contributed by atoms with Crippen LogP contribution in [-0.2, 0) is 17.3 Å². The molecule has 3 aromatic rings. The van der Waals surface area contributed by atoms with Gasteiger partial charge in [-0.1, -0.05) is 41.5 Å². The molecule has 0 bridgehead atoms. The normalized spacial score (nSPS) is 14.3. The number of H-pyrrole nitrogens is 1. The van der Waals surface area contributed by atoms with E-state index in [1.165, 1.54) is 0 Å². The third-order valence-electron chi connectivity index (χ3n) is 5.90. The first-order valence-electron chi connectivity index (χ1n) is 10.8. The smallest absolute Gasteiger partial charge is 0.253 e. The van der Waals surface area contributed by atoms with E-state index in [2.05, 4.69) is 56.8 Å². The maximum atomic E-state index is 12.1. The van der Waals surface area contributed by atoms with Gasteiger partial charge in [0.25, 0.3) is 5.91 Å². The molecule has 1 aliphatic rings. The maximum absolute atomic E-state index is 12.1. The fourth-order valence-corrected chi connectivity index (χ4v) is 4.13. The molecular formula is C26H31N3O2. The molecule has 0 radical (unpaired) electrons. The molecule has 1 amide bonds. The van der Waals surface area contributed by atoms with Crippen molar-refractivity contribution in [1.29, 1.82) is 0 Å². The minimum atomic E-state index is -0.205. The van der Waals surface area contributed by atoms with Crippen LogP contribution in [-0.4, -0.2) is 27.5 Å². The summed E-state index contributed by atoms with van der Waals surface area (Å²) in [6.07, 6.45) is 2.60. The SMILES string of the molecule is CC(C)(C)c1cc(-c2cc(-c3cc4c([nH]3)CCNC4=O)ccn2)cc(C(C)(C)C)c1O. The highest BCUT2D eigenvalue weighted by Gasteiger charge is 2.27. The van der Waals surface area contributed by atoms with Gasteiger partial charge < -0.3 is 15.4 Å². The van der Waals surface area contributed by atoms with Gasteiger partial charge in [-0.25, -0.2) is 0 Å². The maximum Gasteiger partial charge on any atom is 0.253 e. The molecule has 4 rings (SSSR count). The molecule has 0 aliphatic carbocycles. The highest BCUT2D eigenvalue weighted by molar-refractivity contribution is 5.97. The summed E-state index contributed by atoms with van der Waals surface area (Å²) in [7, 11) is 0. The molecule has 5 nitrogen and oxygen atoms in total. The number of rotatable bonds is 2. The van der Waals surface area contributed by atoms with Crippen LogP contribution in [0.25, 0.3) is 22.5 Å². The van der Waals surface area contributed by atoms with E-state index in [1.807, 2.05) is 30.3 Å². The molecule has 1 aliphatic heterocycles. The lowest BCUT2D eigenvalue weighted by Gasteiger charge is -2.28. The number of carbonyl (C=O) groups is 1. The van der Waals surface area contributed by atoms with Crippen LogP contribution in [0.3, 0.4) is 0 Å². The van der Waals surface area contributed by atoms with E-state index >= 15 is 0 Å². The molecule has 0 saturated carbocycles. The van der Waals surface area contributed by atoms with Gasteiger partial charge >= 0.3 is 0 Å². The first-order valence-corrected chi connectivity index (χ1v) is 10.8. The number of nitrogens with zero attached hydrogens (tertiary/aromatic N) is 1. The Morgan fingerprint density at radius 1 is 0.935 bits per heavy atom. The molecule has 5 heteroatoms. The molecule has 0 saturated heterocycles. The van der Waals surface area contributed by atoms with Crippen LogP contribution < -0.4 is 5.32 Å². The first kappa shape index (κ1) is 21.2. The standard InChI is InChI=1S/C26H31N3O2/c1-25(2,3)18-11-16(12-19(23(18)30)26(4,5)6)21-13-15(7-9-27-21)22-14-17-20(29-22)8-10-28-24(17)31/h7,9,11-14,29-30H,8,10H2,1-6H3,(H,28,31). The highest BCUT2D eigenvalue weighted by atomic mass is 16.3. The Morgan fingerprint density at radius 2 is 1.58 bits per heavy atom. The van der Waals surface area contributed by atoms with E-state index in [9.17, 15) is 9.90 Å². The number of phenols is 1. The highest BCUT2D eigenvalue weighted by Crippen LogP contribution is 2.42. The van der Waals surface area contributed by atoms with Crippen LogP contribution in [0, 0.1) is 0 Å². The summed E-state index contributed by atoms with van der Waals surface area (Å²) in [5.74, 6) is 0.337. The number of carbonyl (C=O) groups excluding carboxylic acids is 1. The minimum absolute atomic E-state index is 0.0267. The Kier molecular flexibility index (Phi) is 4.95. The largest absolute Gasteiger partial charge is 0.507 e. The molecular weight excluding hydrogens is 386 g/mol. The summed E-state index contributed by atoms with van der Waals surface area (Å²) in [6.45, 7) is 13.3. The van der Waals surface area contributed by atoms with Crippen LogP contribution in [0.1, 0.15) is 68.7 Å². The zero-order chi connectivity index (χ0) is 22.6. The van der Waals surface area contributed by atoms with Crippen molar-refractivity contribution in [2.45, 2.75) is 58.8 Å². The van der Waals surface area contributed by atoms with Crippen LogP contribution >= 0.6 is 0 Å². The molecule has 0 atom stereocenters. The summed E-state index contributed by atoms with van der Waals surface area (Å²) < 4.78 is 0. The second-order valence-electron chi connectivity index (χ2n) is 10.4. The quantitative estimate of drug-likeness (QED) is 0.527. The predicted octanol–water partition coefficient (Wildman–Crippen LogP) is 5.33. The van der Waals surface area contributed by atoms with Gasteiger partial charge in [0, 0.05) is 52.8 Å². The van der Waals surface area contributed by atoms with Gasteiger partial charge in [0.05, 0.1) is 11.3 Å². The minimum Gasteiger partial charge on any atom is -0.507 e. The summed E-state index contributed by atoms with van der Waals surface area (Å²) >= 11 is 0. The molecule has 0 fully saturated rings.